The van der Waals surface area contributed by atoms with Gasteiger partial charge in [-0.2, -0.15) is 0 Å². The molecule has 1 aromatic rings. The summed E-state index contributed by atoms with van der Waals surface area (Å²) >= 11 is 0. The molecule has 0 saturated carbocycles. The minimum absolute atomic E-state index is 0.0724. The van der Waals surface area contributed by atoms with Crippen LogP contribution in [0.25, 0.3) is 0 Å². The van der Waals surface area contributed by atoms with E-state index in [1.165, 1.54) is 6.07 Å². The minimum atomic E-state index is -1.23. The molecule has 2 unspecified atom stereocenters. The van der Waals surface area contributed by atoms with Crippen LogP contribution >= 0.6 is 0 Å². The van der Waals surface area contributed by atoms with Crippen molar-refractivity contribution in [3.8, 4) is 0 Å². The lowest BCUT2D eigenvalue weighted by Gasteiger charge is -2.29. The van der Waals surface area contributed by atoms with E-state index in [9.17, 15) is 14.4 Å². The van der Waals surface area contributed by atoms with Gasteiger partial charge >= 0.3 is 0 Å². The van der Waals surface area contributed by atoms with Gasteiger partial charge in [-0.05, 0) is 18.5 Å². The van der Waals surface area contributed by atoms with Crippen LogP contribution in [0.15, 0.2) is 18.2 Å². The van der Waals surface area contributed by atoms with Gasteiger partial charge in [-0.15, -0.1) is 0 Å². The van der Waals surface area contributed by atoms with Gasteiger partial charge in [0.05, 0.1) is 4.11 Å². The number of imide groups is 1. The number of anilines is 1. The van der Waals surface area contributed by atoms with E-state index >= 15 is 0 Å². The fraction of sp³-hybridized carbons (Fsp3) is 0.308. The summed E-state index contributed by atoms with van der Waals surface area (Å²) in [7, 11) is 0. The van der Waals surface area contributed by atoms with Crippen molar-refractivity contribution in [1.29, 1.82) is 0 Å². The van der Waals surface area contributed by atoms with E-state index in [1.807, 2.05) is 0 Å². The zero-order chi connectivity index (χ0) is 16.2. The second kappa shape index (κ2) is 4.08. The standard InChI is InChI=1S/C13H13N3O3/c14-9-3-1-2-7-8(9)6-16(13(7)19)10-4-5-11(17)15-12(10)18/h1-3,10H,4-6,14H2,(H,15,17,18)/i1D,3D,6D. The maximum Gasteiger partial charge on any atom is 0.255 e. The Balaban J connectivity index is 2.04. The number of nitrogens with zero attached hydrogens (tertiary/aromatic N) is 1. The Bertz CT molecular complexity index is 722. The van der Waals surface area contributed by atoms with Crippen LogP contribution in [0.3, 0.4) is 0 Å². The maximum atomic E-state index is 12.5. The maximum absolute atomic E-state index is 12.5. The number of benzene rings is 1. The first kappa shape index (κ1) is 8.68. The highest BCUT2D eigenvalue weighted by Crippen LogP contribution is 2.30. The van der Waals surface area contributed by atoms with E-state index in [1.54, 1.807) is 0 Å². The molecule has 2 aliphatic heterocycles. The summed E-state index contributed by atoms with van der Waals surface area (Å²) < 4.78 is 23.5. The number of carbonyl (C=O) groups is 3. The molecule has 2 aliphatic rings. The lowest BCUT2D eigenvalue weighted by molar-refractivity contribution is -0.136. The summed E-state index contributed by atoms with van der Waals surface area (Å²) in [6.45, 7) is -1.23. The summed E-state index contributed by atoms with van der Waals surface area (Å²) in [6.07, 6.45) is 0.229. The number of hydrogen-bond donors (Lipinski definition) is 2. The second-order valence-corrected chi connectivity index (χ2v) is 4.46. The third-order valence-corrected chi connectivity index (χ3v) is 3.28. The summed E-state index contributed by atoms with van der Waals surface area (Å²) in [5.41, 5.74) is 5.90. The lowest BCUT2D eigenvalue weighted by atomic mass is 10.0. The summed E-state index contributed by atoms with van der Waals surface area (Å²) in [5, 5.41) is 2.15. The SMILES string of the molecule is [2H]c1cc2c(c(N)c1[2H])C([2H])N(C1CCC(=O)NC1=O)C2=O. The Labute approximate surface area is 113 Å². The first-order valence-corrected chi connectivity index (χ1v) is 5.81. The van der Waals surface area contributed by atoms with Crippen molar-refractivity contribution in [3.05, 3.63) is 29.3 Å². The van der Waals surface area contributed by atoms with Crippen molar-refractivity contribution < 1.29 is 18.5 Å². The van der Waals surface area contributed by atoms with Gasteiger partial charge in [-0.3, -0.25) is 19.7 Å². The minimum Gasteiger partial charge on any atom is -0.398 e. The molecule has 2 heterocycles. The topological polar surface area (TPSA) is 92.5 Å². The molecule has 98 valence electrons. The van der Waals surface area contributed by atoms with E-state index in [0.29, 0.717) is 0 Å². The molecule has 1 aromatic carbocycles. The second-order valence-electron chi connectivity index (χ2n) is 4.46. The van der Waals surface area contributed by atoms with Gasteiger partial charge in [0.25, 0.3) is 5.91 Å². The molecule has 6 nitrogen and oxygen atoms in total. The Kier molecular flexibility index (Phi) is 1.87. The van der Waals surface area contributed by atoms with Crippen LogP contribution in [-0.2, 0) is 16.1 Å². The monoisotopic (exact) mass is 262 g/mol. The fourth-order valence-corrected chi connectivity index (χ4v) is 2.31. The van der Waals surface area contributed by atoms with Gasteiger partial charge in [-0.25, -0.2) is 0 Å². The van der Waals surface area contributed by atoms with E-state index in [-0.39, 0.29) is 41.7 Å². The quantitative estimate of drug-likeness (QED) is 0.551. The van der Waals surface area contributed by atoms with Crippen LogP contribution in [-0.4, -0.2) is 28.7 Å². The highest BCUT2D eigenvalue weighted by molar-refractivity contribution is 6.06. The molecule has 0 spiro atoms. The number of fused-ring (bicyclic) bond motifs is 1. The lowest BCUT2D eigenvalue weighted by Crippen LogP contribution is -2.52. The summed E-state index contributed by atoms with van der Waals surface area (Å²) in [6, 6.07) is -0.178. The molecule has 3 rings (SSSR count). The van der Waals surface area contributed by atoms with Gasteiger partial charge in [-0.1, -0.05) is 6.04 Å². The number of rotatable bonds is 1. The number of nitrogens with one attached hydrogen (secondary N) is 1. The van der Waals surface area contributed by atoms with Crippen molar-refractivity contribution >= 4 is 23.4 Å². The van der Waals surface area contributed by atoms with Gasteiger partial charge in [0.15, 0.2) is 0 Å². The van der Waals surface area contributed by atoms with Crippen LogP contribution in [0.1, 0.15) is 32.9 Å². The average molecular weight is 262 g/mol. The van der Waals surface area contributed by atoms with Crippen molar-refractivity contribution in [3.63, 3.8) is 0 Å². The van der Waals surface area contributed by atoms with Gasteiger partial charge in [0, 0.05) is 29.8 Å². The number of amides is 3. The van der Waals surface area contributed by atoms with Crippen LogP contribution < -0.4 is 11.1 Å². The number of hydrogen-bond acceptors (Lipinski definition) is 4. The zero-order valence-electron chi connectivity index (χ0n) is 12.9. The molecule has 2 atom stereocenters. The highest BCUT2D eigenvalue weighted by Gasteiger charge is 2.39. The molecular formula is C13H13N3O3. The first-order valence-electron chi connectivity index (χ1n) is 7.38. The molecule has 0 bridgehead atoms. The molecule has 0 aromatic heterocycles. The number of carbonyl (C=O) groups excluding carboxylic acids is 3. The average Bonchev–Trinajstić information content (AvgIpc) is 2.69. The molecule has 3 N–H and O–H groups in total. The molecule has 1 saturated heterocycles. The highest BCUT2D eigenvalue weighted by atomic mass is 16.2. The Morgan fingerprint density at radius 1 is 1.47 bits per heavy atom. The third-order valence-electron chi connectivity index (χ3n) is 3.28. The van der Waals surface area contributed by atoms with Crippen LogP contribution in [0.2, 0.25) is 0 Å². The normalized spacial score (nSPS) is 28.5. The Hall–Kier alpha value is -2.37. The third kappa shape index (κ3) is 1.76. The van der Waals surface area contributed by atoms with Crippen LogP contribution in [0, 0.1) is 0 Å². The van der Waals surface area contributed by atoms with Crippen LogP contribution in [0.4, 0.5) is 5.69 Å². The predicted molar refractivity (Wildman–Crippen MR) is 66.9 cm³/mol. The zero-order valence-corrected chi connectivity index (χ0v) is 9.90. The van der Waals surface area contributed by atoms with E-state index < -0.39 is 30.3 Å². The number of nitrogens with two attached hydrogens (primary N) is 1. The predicted octanol–water partition coefficient (Wildman–Crippen LogP) is 0.0298. The van der Waals surface area contributed by atoms with Crippen molar-refractivity contribution in [1.82, 2.24) is 10.2 Å². The summed E-state index contributed by atoms with van der Waals surface area (Å²) in [5.74, 6) is -1.61. The smallest absolute Gasteiger partial charge is 0.255 e. The summed E-state index contributed by atoms with van der Waals surface area (Å²) in [4.78, 5) is 36.7. The molecule has 3 amide bonds. The van der Waals surface area contributed by atoms with Crippen molar-refractivity contribution in [2.45, 2.75) is 25.4 Å². The first-order chi connectivity index (χ1) is 10.3. The number of piperidine rings is 1. The molecule has 6 heteroatoms. The Morgan fingerprint density at radius 3 is 3.00 bits per heavy atom. The van der Waals surface area contributed by atoms with Crippen molar-refractivity contribution in [2.24, 2.45) is 0 Å². The molecule has 1 fully saturated rings. The number of nitrogen functional groups attached to an aromatic ring is 1. The van der Waals surface area contributed by atoms with E-state index in [2.05, 4.69) is 5.32 Å². The van der Waals surface area contributed by atoms with E-state index in [4.69, 9.17) is 9.85 Å². The molecule has 0 aliphatic carbocycles. The molecule has 19 heavy (non-hydrogen) atoms. The largest absolute Gasteiger partial charge is 0.398 e. The van der Waals surface area contributed by atoms with Crippen molar-refractivity contribution in [2.75, 3.05) is 5.73 Å². The fourth-order valence-electron chi connectivity index (χ4n) is 2.31. The Morgan fingerprint density at radius 2 is 2.26 bits per heavy atom. The van der Waals surface area contributed by atoms with Gasteiger partial charge in [0.1, 0.15) is 6.04 Å². The van der Waals surface area contributed by atoms with Gasteiger partial charge in [0.2, 0.25) is 11.8 Å². The van der Waals surface area contributed by atoms with E-state index in [0.717, 1.165) is 4.90 Å². The molecular weight excluding hydrogens is 246 g/mol. The van der Waals surface area contributed by atoms with Crippen LogP contribution in [0.5, 0.6) is 0 Å². The van der Waals surface area contributed by atoms with Gasteiger partial charge < -0.3 is 10.6 Å². The molecule has 0 radical (unpaired) electrons.